The normalized spacial score (nSPS) is 16.2. The number of carbonyl (C=O) groups excluding carboxylic acids is 2. The number of piperidine rings is 1. The van der Waals surface area contributed by atoms with Crippen molar-refractivity contribution < 1.29 is 23.5 Å². The summed E-state index contributed by atoms with van der Waals surface area (Å²) in [6.45, 7) is 10.1. The highest BCUT2D eigenvalue weighted by Crippen LogP contribution is 2.26. The van der Waals surface area contributed by atoms with E-state index in [-0.39, 0.29) is 23.9 Å². The molecule has 0 spiro atoms. The fourth-order valence-corrected chi connectivity index (χ4v) is 3.16. The number of carbonyl (C=O) groups is 2. The summed E-state index contributed by atoms with van der Waals surface area (Å²) < 4.78 is 16.6. The molecule has 0 radical (unpaired) electrons. The molecule has 0 unspecified atom stereocenters. The average Bonchev–Trinajstić information content (AvgIpc) is 3.17. The molecule has 1 saturated heterocycles. The molecule has 8 heteroatoms. The molecule has 162 valence electrons. The number of esters is 1. The van der Waals surface area contributed by atoms with Crippen LogP contribution in [0.25, 0.3) is 11.5 Å². The third-order valence-electron chi connectivity index (χ3n) is 4.86. The average molecular weight is 415 g/mol. The van der Waals surface area contributed by atoms with Gasteiger partial charge in [0, 0.05) is 18.7 Å². The van der Waals surface area contributed by atoms with E-state index < -0.39 is 11.7 Å². The lowest BCUT2D eigenvalue weighted by Crippen LogP contribution is -2.43. The summed E-state index contributed by atoms with van der Waals surface area (Å²) in [5, 5.41) is 8.07. The van der Waals surface area contributed by atoms with Crippen molar-refractivity contribution in [3.8, 4) is 11.5 Å². The van der Waals surface area contributed by atoms with Crippen LogP contribution in [0.15, 0.2) is 28.7 Å². The van der Waals surface area contributed by atoms with Gasteiger partial charge >= 0.3 is 12.1 Å². The zero-order valence-corrected chi connectivity index (χ0v) is 18.2. The predicted molar refractivity (Wildman–Crippen MR) is 110 cm³/mol. The highest BCUT2D eigenvalue weighted by atomic mass is 16.6. The maximum atomic E-state index is 12.6. The Labute approximate surface area is 176 Å². The first-order chi connectivity index (χ1) is 14.1. The molecule has 1 aliphatic rings. The maximum Gasteiger partial charge on any atom is 0.410 e. The fraction of sp³-hybridized carbons (Fsp3) is 0.545. The summed E-state index contributed by atoms with van der Waals surface area (Å²) in [6, 6.07) is 7.74. The van der Waals surface area contributed by atoms with Crippen molar-refractivity contribution in [2.45, 2.75) is 59.2 Å². The van der Waals surface area contributed by atoms with Gasteiger partial charge in [-0.1, -0.05) is 17.7 Å². The molecule has 0 bridgehead atoms. The zero-order valence-electron chi connectivity index (χ0n) is 18.2. The van der Waals surface area contributed by atoms with Gasteiger partial charge in [0.15, 0.2) is 6.10 Å². The van der Waals surface area contributed by atoms with Crippen LogP contribution in [-0.4, -0.2) is 45.9 Å². The van der Waals surface area contributed by atoms with Gasteiger partial charge in [0.2, 0.25) is 5.89 Å². The number of aryl methyl sites for hydroxylation is 1. The van der Waals surface area contributed by atoms with Gasteiger partial charge in [-0.25, -0.2) is 4.79 Å². The molecule has 1 aliphatic heterocycles. The van der Waals surface area contributed by atoms with E-state index in [4.69, 9.17) is 13.9 Å². The van der Waals surface area contributed by atoms with Crippen LogP contribution in [-0.2, 0) is 14.3 Å². The third kappa shape index (κ3) is 5.58. The van der Waals surface area contributed by atoms with E-state index in [2.05, 4.69) is 10.2 Å². The van der Waals surface area contributed by atoms with Crippen molar-refractivity contribution in [2.75, 3.05) is 13.1 Å². The van der Waals surface area contributed by atoms with Gasteiger partial charge in [-0.2, -0.15) is 0 Å². The molecular weight excluding hydrogens is 386 g/mol. The van der Waals surface area contributed by atoms with Crippen molar-refractivity contribution in [1.29, 1.82) is 0 Å². The Balaban J connectivity index is 1.52. The maximum absolute atomic E-state index is 12.6. The molecule has 1 fully saturated rings. The highest BCUT2D eigenvalue weighted by molar-refractivity contribution is 5.74. The number of nitrogens with zero attached hydrogens (tertiary/aromatic N) is 3. The van der Waals surface area contributed by atoms with Crippen molar-refractivity contribution >= 4 is 12.1 Å². The molecule has 2 aromatic rings. The number of hydrogen-bond donors (Lipinski definition) is 0. The molecular formula is C22H29N3O5. The minimum Gasteiger partial charge on any atom is -0.452 e. The van der Waals surface area contributed by atoms with Crippen LogP contribution in [0.5, 0.6) is 0 Å². The van der Waals surface area contributed by atoms with Gasteiger partial charge < -0.3 is 18.8 Å². The number of rotatable bonds is 4. The summed E-state index contributed by atoms with van der Waals surface area (Å²) >= 11 is 0. The van der Waals surface area contributed by atoms with Crippen molar-refractivity contribution in [1.82, 2.24) is 15.1 Å². The van der Waals surface area contributed by atoms with E-state index in [1.54, 1.807) is 11.8 Å². The van der Waals surface area contributed by atoms with Gasteiger partial charge in [0.05, 0.1) is 5.92 Å². The second kappa shape index (κ2) is 8.85. The van der Waals surface area contributed by atoms with Crippen LogP contribution < -0.4 is 0 Å². The Bertz CT molecular complexity index is 877. The topological polar surface area (TPSA) is 94.8 Å². The van der Waals surface area contributed by atoms with E-state index in [9.17, 15) is 9.59 Å². The molecule has 1 aromatic heterocycles. The minimum atomic E-state index is -0.645. The van der Waals surface area contributed by atoms with Crippen LogP contribution in [0.4, 0.5) is 4.79 Å². The number of benzene rings is 1. The summed E-state index contributed by atoms with van der Waals surface area (Å²) in [6.07, 6.45) is 0.0669. The van der Waals surface area contributed by atoms with Crippen LogP contribution in [0.3, 0.4) is 0 Å². The zero-order chi connectivity index (χ0) is 21.9. The molecule has 0 saturated carbocycles. The molecule has 2 heterocycles. The van der Waals surface area contributed by atoms with Crippen LogP contribution in [0, 0.1) is 12.8 Å². The molecule has 0 aliphatic carbocycles. The summed E-state index contributed by atoms with van der Waals surface area (Å²) in [7, 11) is 0. The van der Waals surface area contributed by atoms with Crippen LogP contribution >= 0.6 is 0 Å². The molecule has 30 heavy (non-hydrogen) atoms. The Kier molecular flexibility index (Phi) is 6.43. The highest BCUT2D eigenvalue weighted by Gasteiger charge is 2.32. The summed E-state index contributed by atoms with van der Waals surface area (Å²) in [4.78, 5) is 26.3. The Hall–Kier alpha value is -2.90. The number of likely N-dealkylation sites (tertiary alicyclic amines) is 1. The first-order valence-corrected chi connectivity index (χ1v) is 10.2. The Morgan fingerprint density at radius 1 is 1.13 bits per heavy atom. The van der Waals surface area contributed by atoms with E-state index in [0.717, 1.165) is 11.1 Å². The SMILES string of the molecule is Cc1ccc(-c2nnc([C@@H](C)OC(=O)C3CCN(C(=O)OC(C)(C)C)CC3)o2)cc1. The first kappa shape index (κ1) is 21.8. The van der Waals surface area contributed by atoms with Crippen LogP contribution in [0.2, 0.25) is 0 Å². The van der Waals surface area contributed by atoms with Gasteiger partial charge in [-0.15, -0.1) is 10.2 Å². The largest absolute Gasteiger partial charge is 0.452 e. The van der Waals surface area contributed by atoms with Gasteiger partial charge in [-0.3, -0.25) is 4.79 Å². The van der Waals surface area contributed by atoms with Crippen LogP contribution in [0.1, 0.15) is 58.1 Å². The lowest BCUT2D eigenvalue weighted by atomic mass is 9.97. The first-order valence-electron chi connectivity index (χ1n) is 10.2. The molecule has 0 N–H and O–H groups in total. The molecule has 1 aromatic carbocycles. The predicted octanol–water partition coefficient (Wildman–Crippen LogP) is 4.30. The van der Waals surface area contributed by atoms with Crippen molar-refractivity contribution in [2.24, 2.45) is 5.92 Å². The quantitative estimate of drug-likeness (QED) is 0.687. The number of amides is 1. The lowest BCUT2D eigenvalue weighted by molar-refractivity contribution is -0.156. The lowest BCUT2D eigenvalue weighted by Gasteiger charge is -2.32. The van der Waals surface area contributed by atoms with E-state index in [1.165, 1.54) is 0 Å². The number of ether oxygens (including phenoxy) is 2. The van der Waals surface area contributed by atoms with Crippen molar-refractivity contribution in [3.05, 3.63) is 35.7 Å². The number of hydrogen-bond acceptors (Lipinski definition) is 7. The van der Waals surface area contributed by atoms with E-state index in [1.807, 2.05) is 52.0 Å². The molecule has 3 rings (SSSR count). The summed E-state index contributed by atoms with van der Waals surface area (Å²) in [5.74, 6) is 0.0516. The standard InChI is InChI=1S/C22H29N3O5/c1-14-6-8-16(9-7-14)19-24-23-18(29-19)15(2)28-20(26)17-10-12-25(13-11-17)21(27)30-22(3,4)5/h6-9,15,17H,10-13H2,1-5H3/t15-/m1/s1. The van der Waals surface area contributed by atoms with Gasteiger partial charge in [-0.05, 0) is 59.6 Å². The number of aromatic nitrogens is 2. The van der Waals surface area contributed by atoms with Gasteiger partial charge in [0.25, 0.3) is 5.89 Å². The molecule has 1 amide bonds. The molecule has 1 atom stereocenters. The van der Waals surface area contributed by atoms with Gasteiger partial charge in [0.1, 0.15) is 5.60 Å². The van der Waals surface area contributed by atoms with E-state index >= 15 is 0 Å². The monoisotopic (exact) mass is 415 g/mol. The fourth-order valence-electron chi connectivity index (χ4n) is 3.16. The van der Waals surface area contributed by atoms with E-state index in [0.29, 0.717) is 31.8 Å². The Morgan fingerprint density at radius 2 is 1.77 bits per heavy atom. The molecule has 8 nitrogen and oxygen atoms in total. The minimum absolute atomic E-state index is 0.255. The van der Waals surface area contributed by atoms with Crippen molar-refractivity contribution in [3.63, 3.8) is 0 Å². The second-order valence-electron chi connectivity index (χ2n) is 8.63. The smallest absolute Gasteiger partial charge is 0.410 e. The third-order valence-corrected chi connectivity index (χ3v) is 4.86. The summed E-state index contributed by atoms with van der Waals surface area (Å²) in [5.41, 5.74) is 1.41. The second-order valence-corrected chi connectivity index (χ2v) is 8.63. The Morgan fingerprint density at radius 3 is 2.37 bits per heavy atom.